The number of ether oxygens (including phenoxy) is 1. The molecule has 0 aromatic heterocycles. The minimum atomic E-state index is -0.472. The topological polar surface area (TPSA) is 55.4 Å². The Balaban J connectivity index is 2.19. The molecular formula is C15H11Cl2NO3. The van der Waals surface area contributed by atoms with E-state index >= 15 is 0 Å². The second kappa shape index (κ2) is 6.61. The van der Waals surface area contributed by atoms with E-state index in [4.69, 9.17) is 23.2 Å². The lowest BCUT2D eigenvalue weighted by molar-refractivity contribution is 0.0600. The molecule has 0 unspecified atom stereocenters. The van der Waals surface area contributed by atoms with Crippen molar-refractivity contribution in [3.63, 3.8) is 0 Å². The molecule has 1 N–H and O–H groups in total. The van der Waals surface area contributed by atoms with Crippen molar-refractivity contribution in [3.05, 3.63) is 63.6 Å². The number of hydrogen-bond acceptors (Lipinski definition) is 3. The average Bonchev–Trinajstić information content (AvgIpc) is 2.49. The Morgan fingerprint density at radius 1 is 1.00 bits per heavy atom. The van der Waals surface area contributed by atoms with Gasteiger partial charge in [-0.25, -0.2) is 4.79 Å². The SMILES string of the molecule is COC(=O)c1cccc(NC(=O)c2ccc(Cl)c(Cl)c2)c1. The Bertz CT molecular complexity index is 701. The molecule has 2 rings (SSSR count). The zero-order valence-electron chi connectivity index (χ0n) is 11.0. The molecule has 0 bridgehead atoms. The molecule has 0 fully saturated rings. The summed E-state index contributed by atoms with van der Waals surface area (Å²) in [6, 6.07) is 11.0. The van der Waals surface area contributed by atoms with E-state index < -0.39 is 5.97 Å². The third kappa shape index (κ3) is 3.74. The fraction of sp³-hybridized carbons (Fsp3) is 0.0667. The summed E-state index contributed by atoms with van der Waals surface area (Å²) in [5.74, 6) is -0.823. The summed E-state index contributed by atoms with van der Waals surface area (Å²) in [5.41, 5.74) is 1.20. The second-order valence-corrected chi connectivity index (χ2v) is 4.97. The van der Waals surface area contributed by atoms with Gasteiger partial charge in [-0.2, -0.15) is 0 Å². The van der Waals surface area contributed by atoms with Gasteiger partial charge in [0.15, 0.2) is 0 Å². The van der Waals surface area contributed by atoms with Crippen molar-refractivity contribution in [2.24, 2.45) is 0 Å². The average molecular weight is 324 g/mol. The van der Waals surface area contributed by atoms with E-state index in [1.54, 1.807) is 30.3 Å². The fourth-order valence-corrected chi connectivity index (χ4v) is 1.98. The first-order valence-electron chi connectivity index (χ1n) is 5.96. The first kappa shape index (κ1) is 15.4. The predicted octanol–water partition coefficient (Wildman–Crippen LogP) is 4.03. The summed E-state index contributed by atoms with van der Waals surface area (Å²) in [7, 11) is 1.29. The van der Waals surface area contributed by atoms with Crippen LogP contribution in [0.2, 0.25) is 10.0 Å². The normalized spacial score (nSPS) is 10.0. The number of methoxy groups -OCH3 is 1. The highest BCUT2D eigenvalue weighted by atomic mass is 35.5. The molecule has 0 aliphatic heterocycles. The summed E-state index contributed by atoms with van der Waals surface area (Å²) < 4.78 is 4.63. The van der Waals surface area contributed by atoms with Crippen molar-refractivity contribution in [2.45, 2.75) is 0 Å². The van der Waals surface area contributed by atoms with Crippen LogP contribution in [0.1, 0.15) is 20.7 Å². The van der Waals surface area contributed by atoms with Gasteiger partial charge in [-0.15, -0.1) is 0 Å². The molecule has 0 radical (unpaired) electrons. The van der Waals surface area contributed by atoms with Gasteiger partial charge in [0.05, 0.1) is 22.7 Å². The summed E-state index contributed by atoms with van der Waals surface area (Å²) >= 11 is 11.7. The molecule has 0 spiro atoms. The van der Waals surface area contributed by atoms with Crippen LogP contribution in [0.25, 0.3) is 0 Å². The van der Waals surface area contributed by atoms with Crippen LogP contribution in [0.4, 0.5) is 5.69 Å². The van der Waals surface area contributed by atoms with Gasteiger partial charge in [-0.3, -0.25) is 4.79 Å². The maximum atomic E-state index is 12.1. The van der Waals surface area contributed by atoms with Crippen LogP contribution < -0.4 is 5.32 Å². The van der Waals surface area contributed by atoms with Crippen molar-refractivity contribution < 1.29 is 14.3 Å². The van der Waals surface area contributed by atoms with Crippen LogP contribution in [0.15, 0.2) is 42.5 Å². The lowest BCUT2D eigenvalue weighted by Gasteiger charge is -2.07. The highest BCUT2D eigenvalue weighted by molar-refractivity contribution is 6.42. The molecule has 21 heavy (non-hydrogen) atoms. The lowest BCUT2D eigenvalue weighted by atomic mass is 10.1. The van der Waals surface area contributed by atoms with Gasteiger partial charge in [-0.05, 0) is 36.4 Å². The van der Waals surface area contributed by atoms with E-state index in [0.29, 0.717) is 26.9 Å². The van der Waals surface area contributed by atoms with Crippen molar-refractivity contribution >= 4 is 40.8 Å². The van der Waals surface area contributed by atoms with E-state index in [2.05, 4.69) is 10.1 Å². The van der Waals surface area contributed by atoms with E-state index in [1.807, 2.05) is 0 Å². The summed E-state index contributed by atoms with van der Waals surface area (Å²) in [4.78, 5) is 23.5. The number of hydrogen-bond donors (Lipinski definition) is 1. The van der Waals surface area contributed by atoms with Gasteiger partial charge in [0, 0.05) is 11.3 Å². The first-order valence-corrected chi connectivity index (χ1v) is 6.71. The number of carbonyl (C=O) groups is 2. The Morgan fingerprint density at radius 3 is 2.43 bits per heavy atom. The number of amides is 1. The standard InChI is InChI=1S/C15H11Cl2NO3/c1-21-15(20)10-3-2-4-11(7-10)18-14(19)9-5-6-12(16)13(17)8-9/h2-8H,1H3,(H,18,19). The molecule has 1 amide bonds. The fourth-order valence-electron chi connectivity index (χ4n) is 1.68. The van der Waals surface area contributed by atoms with Crippen LogP contribution in [-0.2, 0) is 4.74 Å². The maximum Gasteiger partial charge on any atom is 0.337 e. The van der Waals surface area contributed by atoms with Crippen LogP contribution in [-0.4, -0.2) is 19.0 Å². The van der Waals surface area contributed by atoms with Crippen molar-refractivity contribution in [2.75, 3.05) is 12.4 Å². The van der Waals surface area contributed by atoms with Crippen molar-refractivity contribution in [1.29, 1.82) is 0 Å². The summed E-state index contributed by atoms with van der Waals surface area (Å²) in [5, 5.41) is 3.35. The van der Waals surface area contributed by atoms with Crippen LogP contribution >= 0.6 is 23.2 Å². The Labute approximate surface area is 131 Å². The van der Waals surface area contributed by atoms with E-state index in [1.165, 1.54) is 19.2 Å². The summed E-state index contributed by atoms with van der Waals surface area (Å²) in [6.45, 7) is 0. The molecule has 0 atom stereocenters. The Kier molecular flexibility index (Phi) is 4.83. The molecule has 0 saturated carbocycles. The number of rotatable bonds is 3. The van der Waals surface area contributed by atoms with Gasteiger partial charge < -0.3 is 10.1 Å². The molecule has 0 aliphatic carbocycles. The minimum absolute atomic E-state index is 0.299. The van der Waals surface area contributed by atoms with Gasteiger partial charge in [0.2, 0.25) is 0 Å². The van der Waals surface area contributed by atoms with Crippen molar-refractivity contribution in [3.8, 4) is 0 Å². The quantitative estimate of drug-likeness (QED) is 0.867. The zero-order chi connectivity index (χ0) is 15.4. The minimum Gasteiger partial charge on any atom is -0.465 e. The van der Waals surface area contributed by atoms with Crippen LogP contribution in [0.5, 0.6) is 0 Å². The summed E-state index contributed by atoms with van der Waals surface area (Å²) in [6.07, 6.45) is 0. The number of nitrogens with one attached hydrogen (secondary N) is 1. The third-order valence-corrected chi connectivity index (χ3v) is 3.46. The monoisotopic (exact) mass is 323 g/mol. The lowest BCUT2D eigenvalue weighted by Crippen LogP contribution is -2.12. The molecule has 108 valence electrons. The number of benzene rings is 2. The molecule has 2 aromatic rings. The largest absolute Gasteiger partial charge is 0.465 e. The highest BCUT2D eigenvalue weighted by Crippen LogP contribution is 2.23. The predicted molar refractivity (Wildman–Crippen MR) is 82.2 cm³/mol. The van der Waals surface area contributed by atoms with Crippen LogP contribution in [0, 0.1) is 0 Å². The Hall–Kier alpha value is -2.04. The number of anilines is 1. The van der Waals surface area contributed by atoms with Crippen LogP contribution in [0.3, 0.4) is 0 Å². The van der Waals surface area contributed by atoms with E-state index in [0.717, 1.165) is 0 Å². The number of esters is 1. The smallest absolute Gasteiger partial charge is 0.337 e. The number of carbonyl (C=O) groups excluding carboxylic acids is 2. The van der Waals surface area contributed by atoms with E-state index in [9.17, 15) is 9.59 Å². The second-order valence-electron chi connectivity index (χ2n) is 4.16. The molecule has 0 saturated heterocycles. The molecule has 6 heteroatoms. The molecular weight excluding hydrogens is 313 g/mol. The molecule has 2 aromatic carbocycles. The highest BCUT2D eigenvalue weighted by Gasteiger charge is 2.10. The van der Waals surface area contributed by atoms with E-state index in [-0.39, 0.29) is 5.91 Å². The van der Waals surface area contributed by atoms with Gasteiger partial charge in [0.25, 0.3) is 5.91 Å². The Morgan fingerprint density at radius 2 is 1.76 bits per heavy atom. The third-order valence-electron chi connectivity index (χ3n) is 2.72. The van der Waals surface area contributed by atoms with Gasteiger partial charge >= 0.3 is 5.97 Å². The number of halogens is 2. The maximum absolute atomic E-state index is 12.1. The molecule has 4 nitrogen and oxygen atoms in total. The molecule has 0 aliphatic rings. The van der Waals surface area contributed by atoms with Crippen molar-refractivity contribution in [1.82, 2.24) is 0 Å². The first-order chi connectivity index (χ1) is 10.0. The molecule has 0 heterocycles. The van der Waals surface area contributed by atoms with Gasteiger partial charge in [-0.1, -0.05) is 29.3 Å². The zero-order valence-corrected chi connectivity index (χ0v) is 12.5. The van der Waals surface area contributed by atoms with Gasteiger partial charge in [0.1, 0.15) is 0 Å².